The Morgan fingerprint density at radius 3 is 2.79 bits per heavy atom. The van der Waals surface area contributed by atoms with E-state index in [1.165, 1.54) is 19.0 Å². The van der Waals surface area contributed by atoms with E-state index in [0.29, 0.717) is 18.5 Å². The summed E-state index contributed by atoms with van der Waals surface area (Å²) in [6.45, 7) is 2.81. The number of hydrogen-bond donors (Lipinski definition) is 3. The fraction of sp³-hybridized carbons (Fsp3) is 0.417. The van der Waals surface area contributed by atoms with Gasteiger partial charge in [-0.15, -0.1) is 0 Å². The molecule has 10 heteroatoms. The summed E-state index contributed by atoms with van der Waals surface area (Å²) in [5.74, 6) is -4.65. The van der Waals surface area contributed by atoms with Crippen LogP contribution in [0.5, 0.6) is 0 Å². The zero-order valence-corrected chi connectivity index (χ0v) is 19.4. The number of alkyl halides is 2. The van der Waals surface area contributed by atoms with Crippen LogP contribution >= 0.6 is 0 Å². The summed E-state index contributed by atoms with van der Waals surface area (Å²) in [5, 5.41) is 6.70. The zero-order chi connectivity index (χ0) is 24.6. The standard InChI is InChI=1S/C24H29F3N6O/c1-4-33-12-10-14-17(7-5-8-18(14)33)30-22-15(21(28)34)13-16(25)23(31-22)32(3)19-9-6-11-24(26,27)20(19)29-2/h5,7-8,10,12-13,19-20,29H,4,6,9,11H2,1-3H3,(H2,28,34)(H,30,31)/t19-,20-/m1/s1. The first-order valence-electron chi connectivity index (χ1n) is 11.3. The molecule has 1 saturated carbocycles. The number of pyridine rings is 1. The number of fused-ring (bicyclic) bond motifs is 1. The van der Waals surface area contributed by atoms with Gasteiger partial charge in [-0.25, -0.2) is 18.2 Å². The monoisotopic (exact) mass is 474 g/mol. The van der Waals surface area contributed by atoms with Gasteiger partial charge in [-0.3, -0.25) is 4.79 Å². The summed E-state index contributed by atoms with van der Waals surface area (Å²) in [7, 11) is 3.01. The summed E-state index contributed by atoms with van der Waals surface area (Å²) >= 11 is 0. The van der Waals surface area contributed by atoms with E-state index in [-0.39, 0.29) is 23.6 Å². The van der Waals surface area contributed by atoms with Gasteiger partial charge >= 0.3 is 0 Å². The predicted molar refractivity (Wildman–Crippen MR) is 127 cm³/mol. The molecule has 2 aromatic heterocycles. The van der Waals surface area contributed by atoms with Crippen LogP contribution in [0.15, 0.2) is 36.5 Å². The van der Waals surface area contributed by atoms with Gasteiger partial charge in [0.1, 0.15) is 5.82 Å². The molecule has 1 aliphatic carbocycles. The van der Waals surface area contributed by atoms with E-state index in [1.807, 2.05) is 37.4 Å². The maximum Gasteiger partial charge on any atom is 0.265 e. The van der Waals surface area contributed by atoms with Gasteiger partial charge in [-0.1, -0.05) is 6.07 Å². The third-order valence-corrected chi connectivity index (χ3v) is 6.62. The summed E-state index contributed by atoms with van der Waals surface area (Å²) in [5.41, 5.74) is 7.03. The minimum absolute atomic E-state index is 0.0658. The summed E-state index contributed by atoms with van der Waals surface area (Å²) in [6, 6.07) is 6.74. The maximum atomic E-state index is 15.1. The van der Waals surface area contributed by atoms with Crippen molar-refractivity contribution in [2.75, 3.05) is 24.3 Å². The van der Waals surface area contributed by atoms with E-state index >= 15 is 4.39 Å². The van der Waals surface area contributed by atoms with E-state index in [4.69, 9.17) is 5.73 Å². The highest BCUT2D eigenvalue weighted by Crippen LogP contribution is 2.38. The molecule has 0 unspecified atom stereocenters. The number of carbonyl (C=O) groups is 1. The van der Waals surface area contributed by atoms with Gasteiger partial charge in [0.2, 0.25) is 0 Å². The third-order valence-electron chi connectivity index (χ3n) is 6.62. The molecular weight excluding hydrogens is 445 g/mol. The molecule has 0 aliphatic heterocycles. The maximum absolute atomic E-state index is 15.1. The highest BCUT2D eigenvalue weighted by molar-refractivity contribution is 6.01. The van der Waals surface area contributed by atoms with Crippen molar-refractivity contribution >= 4 is 34.1 Å². The number of anilines is 3. The average molecular weight is 475 g/mol. The average Bonchev–Trinajstić information content (AvgIpc) is 3.22. The molecule has 4 N–H and O–H groups in total. The highest BCUT2D eigenvalue weighted by atomic mass is 19.3. The Bertz CT molecular complexity index is 1210. The molecule has 2 atom stereocenters. The quantitative estimate of drug-likeness (QED) is 0.477. The molecule has 2 heterocycles. The Labute approximate surface area is 196 Å². The number of nitrogens with two attached hydrogens (primary N) is 1. The van der Waals surface area contributed by atoms with Crippen molar-refractivity contribution < 1.29 is 18.0 Å². The van der Waals surface area contributed by atoms with Crippen molar-refractivity contribution in [3.05, 3.63) is 47.9 Å². The molecule has 1 amide bonds. The van der Waals surface area contributed by atoms with Gasteiger partial charge in [0.25, 0.3) is 11.8 Å². The van der Waals surface area contributed by atoms with E-state index < -0.39 is 29.7 Å². The van der Waals surface area contributed by atoms with Crippen LogP contribution < -0.4 is 21.3 Å². The van der Waals surface area contributed by atoms with Gasteiger partial charge in [-0.2, -0.15) is 0 Å². The number of amides is 1. The minimum atomic E-state index is -2.93. The van der Waals surface area contributed by atoms with Gasteiger partial charge in [-0.05, 0) is 51.1 Å². The van der Waals surface area contributed by atoms with E-state index in [9.17, 15) is 13.6 Å². The van der Waals surface area contributed by atoms with Crippen LogP contribution in [0, 0.1) is 5.82 Å². The Balaban J connectivity index is 1.76. The van der Waals surface area contributed by atoms with Crippen molar-refractivity contribution in [1.82, 2.24) is 14.9 Å². The second kappa shape index (κ2) is 9.17. The molecule has 0 saturated heterocycles. The summed E-state index contributed by atoms with van der Waals surface area (Å²) in [4.78, 5) is 17.9. The molecule has 3 aromatic rings. The number of halogens is 3. The van der Waals surface area contributed by atoms with E-state index in [2.05, 4.69) is 20.2 Å². The van der Waals surface area contributed by atoms with Crippen LogP contribution in [0.3, 0.4) is 0 Å². The number of primary amides is 1. The second-order valence-corrected chi connectivity index (χ2v) is 8.62. The van der Waals surface area contributed by atoms with E-state index in [0.717, 1.165) is 23.5 Å². The summed E-state index contributed by atoms with van der Waals surface area (Å²) in [6.07, 6.45) is 2.47. The van der Waals surface area contributed by atoms with Gasteiger partial charge in [0.05, 0.1) is 23.2 Å². The number of aromatic nitrogens is 2. The molecule has 0 radical (unpaired) electrons. The Kier molecular flexibility index (Phi) is 6.44. The van der Waals surface area contributed by atoms with Crippen LogP contribution in [-0.2, 0) is 6.54 Å². The lowest BCUT2D eigenvalue weighted by Crippen LogP contribution is -2.59. The fourth-order valence-corrected chi connectivity index (χ4v) is 4.87. The third kappa shape index (κ3) is 4.18. The molecule has 1 aromatic carbocycles. The number of nitrogens with one attached hydrogen (secondary N) is 2. The molecule has 34 heavy (non-hydrogen) atoms. The molecule has 0 bridgehead atoms. The smallest absolute Gasteiger partial charge is 0.265 e. The van der Waals surface area contributed by atoms with Crippen molar-refractivity contribution in [3.8, 4) is 0 Å². The predicted octanol–water partition coefficient (Wildman–Crippen LogP) is 4.25. The van der Waals surface area contributed by atoms with Crippen LogP contribution in [0.4, 0.5) is 30.5 Å². The lowest BCUT2D eigenvalue weighted by Gasteiger charge is -2.42. The molecule has 4 rings (SSSR count). The molecular formula is C24H29F3N6O. The lowest BCUT2D eigenvalue weighted by molar-refractivity contribution is -0.0685. The van der Waals surface area contributed by atoms with Gasteiger partial charge < -0.3 is 25.8 Å². The minimum Gasteiger partial charge on any atom is -0.365 e. The van der Waals surface area contributed by atoms with Crippen LogP contribution in [0.25, 0.3) is 10.9 Å². The first kappa shape index (κ1) is 23.9. The van der Waals surface area contributed by atoms with E-state index in [1.54, 1.807) is 0 Å². The molecule has 0 spiro atoms. The van der Waals surface area contributed by atoms with Crippen LogP contribution in [0.2, 0.25) is 0 Å². The van der Waals surface area contributed by atoms with Crippen molar-refractivity contribution in [1.29, 1.82) is 0 Å². The number of likely N-dealkylation sites (N-methyl/N-ethyl adjacent to an activating group) is 2. The first-order valence-corrected chi connectivity index (χ1v) is 11.3. The molecule has 7 nitrogen and oxygen atoms in total. The largest absolute Gasteiger partial charge is 0.365 e. The topological polar surface area (TPSA) is 88.2 Å². The zero-order valence-electron chi connectivity index (χ0n) is 19.4. The SMILES string of the molecule is CCn1ccc2c(Nc3nc(N(C)[C@@H]4CCCC(F)(F)[C@@H]4NC)c(F)cc3C(N)=O)cccc21. The van der Waals surface area contributed by atoms with Crippen LogP contribution in [-0.4, -0.2) is 47.6 Å². The number of rotatable bonds is 7. The fourth-order valence-electron chi connectivity index (χ4n) is 4.87. The number of hydrogen-bond acceptors (Lipinski definition) is 5. The van der Waals surface area contributed by atoms with Crippen molar-refractivity contribution in [3.63, 3.8) is 0 Å². The second-order valence-electron chi connectivity index (χ2n) is 8.62. The molecule has 1 fully saturated rings. The van der Waals surface area contributed by atoms with Crippen LogP contribution in [0.1, 0.15) is 36.5 Å². The lowest BCUT2D eigenvalue weighted by atomic mass is 9.86. The normalized spacial score (nSPS) is 19.8. The van der Waals surface area contributed by atoms with Gasteiger partial charge in [0.15, 0.2) is 11.6 Å². The Hall–Kier alpha value is -3.27. The van der Waals surface area contributed by atoms with Crippen molar-refractivity contribution in [2.24, 2.45) is 5.73 Å². The number of aryl methyl sites for hydroxylation is 1. The Morgan fingerprint density at radius 1 is 1.35 bits per heavy atom. The number of nitrogens with zero attached hydrogens (tertiary/aromatic N) is 3. The van der Waals surface area contributed by atoms with Gasteiger partial charge in [0, 0.05) is 37.3 Å². The molecule has 182 valence electrons. The molecule has 1 aliphatic rings. The van der Waals surface area contributed by atoms with Crippen molar-refractivity contribution in [2.45, 2.75) is 50.7 Å². The first-order chi connectivity index (χ1) is 16.2. The summed E-state index contributed by atoms with van der Waals surface area (Å²) < 4.78 is 46.2. The highest BCUT2D eigenvalue weighted by Gasteiger charge is 2.48. The Morgan fingerprint density at radius 2 is 2.12 bits per heavy atom. The number of benzene rings is 1. The number of carbonyl (C=O) groups excluding carboxylic acids is 1.